The number of thioether (sulfide) groups is 1. The van der Waals surface area contributed by atoms with Crippen molar-refractivity contribution in [1.82, 2.24) is 10.3 Å². The van der Waals surface area contributed by atoms with E-state index in [2.05, 4.69) is 10.3 Å². The first kappa shape index (κ1) is 16.8. The Morgan fingerprint density at radius 3 is 2.77 bits per heavy atom. The zero-order chi connectivity index (χ0) is 15.9. The van der Waals surface area contributed by atoms with E-state index in [0.717, 1.165) is 10.5 Å². The summed E-state index contributed by atoms with van der Waals surface area (Å²) in [6.45, 7) is 4.59. The molecule has 1 amide bonds. The van der Waals surface area contributed by atoms with Crippen LogP contribution in [0.4, 0.5) is 0 Å². The molecule has 0 radical (unpaired) electrons. The Bertz CT molecular complexity index is 619. The largest absolute Gasteiger partial charge is 0.351 e. The summed E-state index contributed by atoms with van der Waals surface area (Å²) in [6, 6.07) is 11.4. The molecule has 1 aromatic heterocycles. The average Bonchev–Trinajstić information content (AvgIpc) is 2.51. The number of amides is 1. The molecular formula is C17H19ClN2OS. The average molecular weight is 335 g/mol. The molecule has 1 unspecified atom stereocenters. The highest BCUT2D eigenvalue weighted by Gasteiger charge is 2.23. The lowest BCUT2D eigenvalue weighted by atomic mass is 10.1. The normalized spacial score (nSPS) is 12.2. The van der Waals surface area contributed by atoms with E-state index in [1.165, 1.54) is 0 Å². The molecular weight excluding hydrogens is 316 g/mol. The van der Waals surface area contributed by atoms with E-state index in [1.807, 2.05) is 50.2 Å². The lowest BCUT2D eigenvalue weighted by Gasteiger charge is -2.20. The van der Waals surface area contributed by atoms with Gasteiger partial charge in [0, 0.05) is 28.9 Å². The minimum Gasteiger partial charge on any atom is -0.351 e. The second-order valence-electron chi connectivity index (χ2n) is 5.32. The molecule has 22 heavy (non-hydrogen) atoms. The van der Waals surface area contributed by atoms with Gasteiger partial charge in [0.25, 0.3) is 0 Å². The van der Waals surface area contributed by atoms with Crippen molar-refractivity contribution >= 4 is 29.3 Å². The number of aromatic nitrogens is 1. The van der Waals surface area contributed by atoms with Gasteiger partial charge in [-0.1, -0.05) is 37.6 Å². The summed E-state index contributed by atoms with van der Waals surface area (Å²) < 4.78 is 0. The maximum absolute atomic E-state index is 12.5. The van der Waals surface area contributed by atoms with Gasteiger partial charge in [-0.25, -0.2) is 0 Å². The van der Waals surface area contributed by atoms with E-state index in [4.69, 9.17) is 11.6 Å². The van der Waals surface area contributed by atoms with Gasteiger partial charge in [0.05, 0.1) is 5.25 Å². The first-order valence-electron chi connectivity index (χ1n) is 7.15. The van der Waals surface area contributed by atoms with Crippen LogP contribution in [-0.2, 0) is 11.3 Å². The molecule has 0 saturated heterocycles. The molecule has 3 nitrogen and oxygen atoms in total. The molecule has 0 saturated carbocycles. The summed E-state index contributed by atoms with van der Waals surface area (Å²) in [6.07, 6.45) is 3.48. The van der Waals surface area contributed by atoms with Crippen LogP contribution < -0.4 is 5.32 Å². The van der Waals surface area contributed by atoms with Crippen LogP contribution in [0, 0.1) is 5.92 Å². The smallest absolute Gasteiger partial charge is 0.234 e. The second-order valence-corrected chi connectivity index (χ2v) is 6.97. The van der Waals surface area contributed by atoms with Crippen molar-refractivity contribution < 1.29 is 4.79 Å². The van der Waals surface area contributed by atoms with Crippen LogP contribution in [0.5, 0.6) is 0 Å². The van der Waals surface area contributed by atoms with Gasteiger partial charge in [-0.2, -0.15) is 0 Å². The maximum Gasteiger partial charge on any atom is 0.234 e. The number of hydrogen-bond acceptors (Lipinski definition) is 3. The van der Waals surface area contributed by atoms with Gasteiger partial charge in [-0.15, -0.1) is 11.8 Å². The van der Waals surface area contributed by atoms with Crippen LogP contribution in [0.1, 0.15) is 19.4 Å². The number of benzene rings is 1. The Balaban J connectivity index is 1.99. The Kier molecular flexibility index (Phi) is 6.28. The summed E-state index contributed by atoms with van der Waals surface area (Å²) >= 11 is 7.55. The monoisotopic (exact) mass is 334 g/mol. The Morgan fingerprint density at radius 1 is 1.32 bits per heavy atom. The van der Waals surface area contributed by atoms with Gasteiger partial charge >= 0.3 is 0 Å². The van der Waals surface area contributed by atoms with Crippen molar-refractivity contribution in [1.29, 1.82) is 0 Å². The Morgan fingerprint density at radius 2 is 2.14 bits per heavy atom. The third kappa shape index (κ3) is 5.04. The van der Waals surface area contributed by atoms with E-state index in [1.54, 1.807) is 24.2 Å². The lowest BCUT2D eigenvalue weighted by molar-refractivity contribution is -0.121. The quantitative estimate of drug-likeness (QED) is 0.806. The highest BCUT2D eigenvalue weighted by atomic mass is 35.5. The number of nitrogens with one attached hydrogen (secondary N) is 1. The van der Waals surface area contributed by atoms with E-state index >= 15 is 0 Å². The number of halogens is 1. The standard InChI is InChI=1S/C17H19ClN2OS/c1-12(2)16(22-15-7-3-6-14(18)9-15)17(21)20-11-13-5-4-8-19-10-13/h3-10,12,16H,11H2,1-2H3,(H,20,21). The molecule has 0 aliphatic carbocycles. The minimum absolute atomic E-state index is 0.0313. The third-order valence-corrected chi connectivity index (χ3v) is 4.89. The van der Waals surface area contributed by atoms with Gasteiger partial charge < -0.3 is 5.32 Å². The van der Waals surface area contributed by atoms with Crippen LogP contribution in [0.2, 0.25) is 5.02 Å². The van der Waals surface area contributed by atoms with Crippen molar-refractivity contribution in [3.8, 4) is 0 Å². The van der Waals surface area contributed by atoms with Crippen molar-refractivity contribution in [3.63, 3.8) is 0 Å². The van der Waals surface area contributed by atoms with Gasteiger partial charge in [0.1, 0.15) is 0 Å². The van der Waals surface area contributed by atoms with Crippen molar-refractivity contribution in [2.24, 2.45) is 5.92 Å². The second kappa shape index (κ2) is 8.20. The van der Waals surface area contributed by atoms with Gasteiger partial charge in [-0.05, 0) is 35.7 Å². The first-order chi connectivity index (χ1) is 10.6. The van der Waals surface area contributed by atoms with Crippen LogP contribution in [-0.4, -0.2) is 16.1 Å². The summed E-state index contributed by atoms with van der Waals surface area (Å²) in [4.78, 5) is 17.5. The van der Waals surface area contributed by atoms with Crippen molar-refractivity contribution in [2.45, 2.75) is 30.5 Å². The Labute approximate surface area is 140 Å². The lowest BCUT2D eigenvalue weighted by Crippen LogP contribution is -2.35. The zero-order valence-corrected chi connectivity index (χ0v) is 14.2. The van der Waals surface area contributed by atoms with Gasteiger partial charge in [-0.3, -0.25) is 9.78 Å². The molecule has 2 rings (SSSR count). The van der Waals surface area contributed by atoms with Crippen LogP contribution in [0.3, 0.4) is 0 Å². The Hall–Kier alpha value is -1.52. The minimum atomic E-state index is -0.157. The summed E-state index contributed by atoms with van der Waals surface area (Å²) in [5.41, 5.74) is 0.992. The number of nitrogens with zero attached hydrogens (tertiary/aromatic N) is 1. The maximum atomic E-state index is 12.5. The highest BCUT2D eigenvalue weighted by molar-refractivity contribution is 8.00. The fraction of sp³-hybridized carbons (Fsp3) is 0.294. The molecule has 1 aromatic carbocycles. The third-order valence-electron chi connectivity index (χ3n) is 3.11. The fourth-order valence-electron chi connectivity index (χ4n) is 1.97. The molecule has 1 N–H and O–H groups in total. The van der Waals surface area contributed by atoms with Crippen molar-refractivity contribution in [3.05, 3.63) is 59.4 Å². The predicted octanol–water partition coefficient (Wildman–Crippen LogP) is 4.17. The molecule has 0 bridgehead atoms. The van der Waals surface area contributed by atoms with Crippen LogP contribution >= 0.6 is 23.4 Å². The molecule has 0 aliphatic heterocycles. The first-order valence-corrected chi connectivity index (χ1v) is 8.41. The van der Waals surface area contributed by atoms with E-state index < -0.39 is 0 Å². The van der Waals surface area contributed by atoms with E-state index in [9.17, 15) is 4.79 Å². The number of hydrogen-bond donors (Lipinski definition) is 1. The number of carbonyl (C=O) groups is 1. The zero-order valence-electron chi connectivity index (χ0n) is 12.6. The topological polar surface area (TPSA) is 42.0 Å². The van der Waals surface area contributed by atoms with E-state index in [0.29, 0.717) is 11.6 Å². The number of carbonyl (C=O) groups excluding carboxylic acids is 1. The van der Waals surface area contributed by atoms with Gasteiger partial charge in [0.15, 0.2) is 0 Å². The molecule has 0 fully saturated rings. The molecule has 0 spiro atoms. The summed E-state index contributed by atoms with van der Waals surface area (Å²) in [5.74, 6) is 0.252. The molecule has 1 heterocycles. The summed E-state index contributed by atoms with van der Waals surface area (Å²) in [5, 5.41) is 3.51. The fourth-order valence-corrected chi connectivity index (χ4v) is 3.33. The predicted molar refractivity (Wildman–Crippen MR) is 92.0 cm³/mol. The SMILES string of the molecule is CC(C)C(Sc1cccc(Cl)c1)C(=O)NCc1cccnc1. The molecule has 2 aromatic rings. The molecule has 0 aliphatic rings. The summed E-state index contributed by atoms with van der Waals surface area (Å²) in [7, 11) is 0. The van der Waals surface area contributed by atoms with Crippen LogP contribution in [0.15, 0.2) is 53.7 Å². The molecule has 5 heteroatoms. The number of pyridine rings is 1. The molecule has 116 valence electrons. The molecule has 1 atom stereocenters. The van der Waals surface area contributed by atoms with E-state index in [-0.39, 0.29) is 17.1 Å². The van der Waals surface area contributed by atoms with Crippen molar-refractivity contribution in [2.75, 3.05) is 0 Å². The number of rotatable bonds is 6. The van der Waals surface area contributed by atoms with Gasteiger partial charge in [0.2, 0.25) is 5.91 Å². The highest BCUT2D eigenvalue weighted by Crippen LogP contribution is 2.30. The van der Waals surface area contributed by atoms with Crippen LogP contribution in [0.25, 0.3) is 0 Å².